The third kappa shape index (κ3) is 4.28. The highest BCUT2D eigenvalue weighted by molar-refractivity contribution is 7.92. The fourth-order valence-electron chi connectivity index (χ4n) is 2.63. The van der Waals surface area contributed by atoms with Crippen LogP contribution >= 0.6 is 11.6 Å². The summed E-state index contributed by atoms with van der Waals surface area (Å²) in [5.74, 6) is -0.181. The van der Waals surface area contributed by atoms with Gasteiger partial charge in [0, 0.05) is 10.7 Å². The monoisotopic (exact) mass is 428 g/mol. The Morgan fingerprint density at radius 3 is 2.00 bits per heavy atom. The number of nitrogens with one attached hydrogen (secondary N) is 2. The summed E-state index contributed by atoms with van der Waals surface area (Å²) in [5, 5.41) is 3.41. The molecule has 0 saturated heterocycles. The van der Waals surface area contributed by atoms with E-state index >= 15 is 0 Å². The topological polar surface area (TPSA) is 84.0 Å². The van der Waals surface area contributed by atoms with Gasteiger partial charge in [0.05, 0.1) is 15.9 Å². The second-order valence-corrected chi connectivity index (χ2v) is 8.22. The van der Waals surface area contributed by atoms with Crippen molar-refractivity contribution in [2.45, 2.75) is 4.90 Å². The molecule has 9 heteroatoms. The van der Waals surface area contributed by atoms with Gasteiger partial charge in [-0.25, -0.2) is 22.8 Å². The predicted molar refractivity (Wildman–Crippen MR) is 111 cm³/mol. The van der Waals surface area contributed by atoms with Crippen molar-refractivity contribution < 1.29 is 12.8 Å². The van der Waals surface area contributed by atoms with Gasteiger partial charge < -0.3 is 5.32 Å². The fraction of sp³-hybridized carbons (Fsp3) is 0. The molecule has 0 fully saturated rings. The highest BCUT2D eigenvalue weighted by atomic mass is 35.5. The number of aromatic nitrogens is 2. The zero-order valence-electron chi connectivity index (χ0n) is 14.8. The number of fused-ring (bicyclic) bond motifs is 1. The first-order chi connectivity index (χ1) is 13.9. The number of halogens is 2. The van der Waals surface area contributed by atoms with Crippen LogP contribution in [0.1, 0.15) is 0 Å². The Hall–Kier alpha value is -3.23. The molecule has 4 aromatic rings. The largest absolute Gasteiger partial charge is 0.337 e. The van der Waals surface area contributed by atoms with Gasteiger partial charge in [0.15, 0.2) is 11.6 Å². The van der Waals surface area contributed by atoms with Crippen LogP contribution in [0.15, 0.2) is 77.7 Å². The maximum atomic E-state index is 13.2. The highest BCUT2D eigenvalue weighted by Crippen LogP contribution is 2.27. The molecule has 0 saturated carbocycles. The minimum absolute atomic E-state index is 0.0166. The lowest BCUT2D eigenvalue weighted by molar-refractivity contribution is 0.601. The number of benzene rings is 3. The third-order valence-corrected chi connectivity index (χ3v) is 5.64. The molecule has 29 heavy (non-hydrogen) atoms. The molecule has 2 N–H and O–H groups in total. The van der Waals surface area contributed by atoms with Crippen molar-refractivity contribution in [2.75, 3.05) is 10.0 Å². The summed E-state index contributed by atoms with van der Waals surface area (Å²) in [6.07, 6.45) is 0. The molecular formula is C20H14ClFN4O2S. The molecule has 0 aliphatic carbocycles. The van der Waals surface area contributed by atoms with Crippen LogP contribution in [0.2, 0.25) is 5.02 Å². The molecule has 0 unspecified atom stereocenters. The van der Waals surface area contributed by atoms with E-state index in [0.717, 1.165) is 0 Å². The van der Waals surface area contributed by atoms with Gasteiger partial charge in [-0.1, -0.05) is 23.7 Å². The Morgan fingerprint density at radius 2 is 1.38 bits per heavy atom. The van der Waals surface area contributed by atoms with Gasteiger partial charge in [-0.15, -0.1) is 0 Å². The van der Waals surface area contributed by atoms with Crippen LogP contribution in [0.4, 0.5) is 21.7 Å². The molecule has 0 bridgehead atoms. The zero-order valence-corrected chi connectivity index (χ0v) is 16.4. The summed E-state index contributed by atoms with van der Waals surface area (Å²) in [5.41, 5.74) is 1.63. The van der Waals surface area contributed by atoms with Crippen LogP contribution in [0, 0.1) is 5.82 Å². The normalized spacial score (nSPS) is 11.4. The molecule has 1 aromatic heterocycles. The Kier molecular flexibility index (Phi) is 5.04. The van der Waals surface area contributed by atoms with Crippen molar-refractivity contribution in [2.24, 2.45) is 0 Å². The van der Waals surface area contributed by atoms with Crippen LogP contribution in [-0.2, 0) is 10.0 Å². The van der Waals surface area contributed by atoms with Gasteiger partial charge in [-0.05, 0) is 60.7 Å². The third-order valence-electron chi connectivity index (χ3n) is 4.03. The van der Waals surface area contributed by atoms with Crippen LogP contribution in [0.25, 0.3) is 11.0 Å². The lowest BCUT2D eigenvalue weighted by Gasteiger charge is -2.14. The fourth-order valence-corrected chi connectivity index (χ4v) is 3.76. The molecule has 146 valence electrons. The van der Waals surface area contributed by atoms with E-state index in [1.54, 1.807) is 24.3 Å². The van der Waals surface area contributed by atoms with Gasteiger partial charge in [0.1, 0.15) is 5.82 Å². The Bertz CT molecular complexity index is 1280. The van der Waals surface area contributed by atoms with Gasteiger partial charge in [0.2, 0.25) is 0 Å². The summed E-state index contributed by atoms with van der Waals surface area (Å²) in [6.45, 7) is 0. The van der Waals surface area contributed by atoms with Crippen LogP contribution in [0.3, 0.4) is 0 Å². The molecule has 0 spiro atoms. The molecule has 0 amide bonds. The minimum atomic E-state index is -3.93. The average molecular weight is 429 g/mol. The van der Waals surface area contributed by atoms with E-state index in [2.05, 4.69) is 20.0 Å². The van der Waals surface area contributed by atoms with Crippen molar-refractivity contribution in [1.29, 1.82) is 0 Å². The summed E-state index contributed by atoms with van der Waals surface area (Å²) in [7, 11) is -3.93. The average Bonchev–Trinajstić information content (AvgIpc) is 2.70. The summed E-state index contributed by atoms with van der Waals surface area (Å²) in [4.78, 5) is 8.90. The van der Waals surface area contributed by atoms with Gasteiger partial charge >= 0.3 is 0 Å². The van der Waals surface area contributed by atoms with Crippen LogP contribution < -0.4 is 10.0 Å². The summed E-state index contributed by atoms with van der Waals surface area (Å²) < 4.78 is 41.3. The molecule has 0 aliphatic heterocycles. The number of hydrogen-bond donors (Lipinski definition) is 2. The van der Waals surface area contributed by atoms with Crippen molar-refractivity contribution in [3.8, 4) is 0 Å². The number of sulfonamides is 1. The lowest BCUT2D eigenvalue weighted by Crippen LogP contribution is -2.16. The smallest absolute Gasteiger partial charge is 0.263 e. The second kappa shape index (κ2) is 7.65. The van der Waals surface area contributed by atoms with E-state index in [-0.39, 0.29) is 22.3 Å². The quantitative estimate of drug-likeness (QED) is 0.469. The van der Waals surface area contributed by atoms with E-state index in [4.69, 9.17) is 11.6 Å². The van der Waals surface area contributed by atoms with Crippen LogP contribution in [0.5, 0.6) is 0 Å². The number of hydrogen-bond acceptors (Lipinski definition) is 5. The van der Waals surface area contributed by atoms with Gasteiger partial charge in [-0.2, -0.15) is 0 Å². The molecule has 3 aromatic carbocycles. The maximum absolute atomic E-state index is 13.2. The van der Waals surface area contributed by atoms with Crippen molar-refractivity contribution in [3.63, 3.8) is 0 Å². The second-order valence-electron chi connectivity index (χ2n) is 6.10. The maximum Gasteiger partial charge on any atom is 0.263 e. The number of rotatable bonds is 5. The Labute approximate surface area is 171 Å². The zero-order chi connectivity index (χ0) is 20.4. The van der Waals surface area contributed by atoms with Crippen molar-refractivity contribution >= 4 is 50.0 Å². The highest BCUT2D eigenvalue weighted by Gasteiger charge is 2.19. The minimum Gasteiger partial charge on any atom is -0.337 e. The van der Waals surface area contributed by atoms with E-state index in [9.17, 15) is 12.8 Å². The first kappa shape index (κ1) is 19.1. The van der Waals surface area contributed by atoms with Crippen molar-refractivity contribution in [3.05, 3.63) is 83.6 Å². The Balaban J connectivity index is 1.77. The molecule has 0 radical (unpaired) electrons. The SMILES string of the molecule is O=S(=O)(Nc1nc2ccccc2nc1Nc1ccc(F)cc1)c1ccc(Cl)cc1. The lowest BCUT2D eigenvalue weighted by atomic mass is 10.3. The van der Waals surface area contributed by atoms with Crippen LogP contribution in [-0.4, -0.2) is 18.4 Å². The molecule has 0 atom stereocenters. The predicted octanol–water partition coefficient (Wildman–Crippen LogP) is 4.97. The molecule has 4 rings (SSSR count). The van der Waals surface area contributed by atoms with E-state index in [0.29, 0.717) is 21.7 Å². The summed E-state index contributed by atoms with van der Waals surface area (Å²) in [6, 6.07) is 18.4. The standard InChI is InChI=1S/C20H14ClFN4O2S/c21-13-5-11-16(12-6-13)29(27,28)26-20-19(23-15-9-7-14(22)8-10-15)24-17-3-1-2-4-18(17)25-20/h1-12H,(H,23,24)(H,25,26). The molecule has 1 heterocycles. The summed E-state index contributed by atoms with van der Waals surface area (Å²) >= 11 is 5.84. The number of para-hydroxylation sites is 2. The molecule has 6 nitrogen and oxygen atoms in total. The van der Waals surface area contributed by atoms with Gasteiger partial charge in [0.25, 0.3) is 10.0 Å². The number of nitrogens with zero attached hydrogens (tertiary/aromatic N) is 2. The molecular weight excluding hydrogens is 415 g/mol. The first-order valence-electron chi connectivity index (χ1n) is 8.48. The van der Waals surface area contributed by atoms with Crippen molar-refractivity contribution in [1.82, 2.24) is 9.97 Å². The van der Waals surface area contributed by atoms with E-state index in [1.165, 1.54) is 48.5 Å². The molecule has 0 aliphatic rings. The Morgan fingerprint density at radius 1 is 0.793 bits per heavy atom. The van der Waals surface area contributed by atoms with E-state index < -0.39 is 10.0 Å². The van der Waals surface area contributed by atoms with Gasteiger partial charge in [-0.3, -0.25) is 4.72 Å². The number of anilines is 3. The van der Waals surface area contributed by atoms with E-state index in [1.807, 2.05) is 0 Å². The first-order valence-corrected chi connectivity index (χ1v) is 10.3.